The zero-order chi connectivity index (χ0) is 29.9. The summed E-state index contributed by atoms with van der Waals surface area (Å²) in [5.41, 5.74) is 3.54. The molecule has 0 saturated carbocycles. The Morgan fingerprint density at radius 2 is 1.53 bits per heavy atom. The lowest BCUT2D eigenvalue weighted by atomic mass is 9.95. The number of hydrogen-bond donors (Lipinski definition) is 2. The van der Waals surface area contributed by atoms with E-state index in [0.717, 1.165) is 47.5 Å². The molecule has 1 aliphatic rings. The van der Waals surface area contributed by atoms with E-state index < -0.39 is 26.0 Å². The summed E-state index contributed by atoms with van der Waals surface area (Å²) in [6, 6.07) is 15.4. The first-order valence-electron chi connectivity index (χ1n) is 12.7. The summed E-state index contributed by atoms with van der Waals surface area (Å²) >= 11 is 0. The minimum absolute atomic E-state index is 0.0208. The summed E-state index contributed by atoms with van der Waals surface area (Å²) in [6.45, 7) is 14.3. The van der Waals surface area contributed by atoms with Crippen molar-refractivity contribution in [3.63, 3.8) is 0 Å². The molecule has 0 radical (unpaired) electrons. The summed E-state index contributed by atoms with van der Waals surface area (Å²) in [6.07, 6.45) is 2.93. The molecule has 1 unspecified atom stereocenters. The Morgan fingerprint density at radius 1 is 1.03 bits per heavy atom. The highest BCUT2D eigenvalue weighted by Gasteiger charge is 2.22. The molecule has 3 N–H and O–H groups in total. The van der Waals surface area contributed by atoms with E-state index in [1.54, 1.807) is 18.2 Å². The minimum Gasteiger partial charge on any atom is -0.316 e. The van der Waals surface area contributed by atoms with Crippen LogP contribution in [-0.4, -0.2) is 54.1 Å². The number of sulfonamides is 2. The van der Waals surface area contributed by atoms with Crippen LogP contribution in [0.5, 0.6) is 0 Å². The fraction of sp³-hybridized carbons (Fsp3) is 0.481. The summed E-state index contributed by atoms with van der Waals surface area (Å²) in [5.74, 6) is 0.0510. The standard InChI is InChI=1S/C19H22N2O3S.C2H7NO2S.C2H4O.2C2H6/c1-14(22)21(25(2,23)24)19-5-3-4-17(12-19)15-6-8-16(9-7-15)18-10-11-20-13-18;1-2-6(3,4)5;1-2-3;2*1-2/h3-9,12,18,20H,10-11,13H2,1-2H3;2H2,1H3,(H2,3,4,5);2H,1H3;2*1-2H3. The Labute approximate surface area is 229 Å². The van der Waals surface area contributed by atoms with Crippen molar-refractivity contribution in [2.24, 2.45) is 5.14 Å². The number of carbonyl (C=O) groups is 2. The molecule has 3 rings (SSSR count). The van der Waals surface area contributed by atoms with Gasteiger partial charge in [0.25, 0.3) is 0 Å². The van der Waals surface area contributed by atoms with E-state index in [9.17, 15) is 21.6 Å². The molecule has 1 fully saturated rings. The quantitative estimate of drug-likeness (QED) is 0.509. The zero-order valence-corrected chi connectivity index (χ0v) is 25.5. The largest absolute Gasteiger partial charge is 0.316 e. The van der Waals surface area contributed by atoms with Gasteiger partial charge in [0.2, 0.25) is 26.0 Å². The van der Waals surface area contributed by atoms with E-state index in [1.165, 1.54) is 26.3 Å². The van der Waals surface area contributed by atoms with Crippen molar-refractivity contribution in [1.82, 2.24) is 5.32 Å². The smallest absolute Gasteiger partial charge is 0.238 e. The van der Waals surface area contributed by atoms with Gasteiger partial charge in [-0.2, -0.15) is 0 Å². The number of carbonyl (C=O) groups excluding carboxylic acids is 2. The van der Waals surface area contributed by atoms with Gasteiger partial charge in [0.05, 0.1) is 17.7 Å². The van der Waals surface area contributed by atoms with Crippen molar-refractivity contribution < 1.29 is 26.4 Å². The number of nitrogens with one attached hydrogen (secondary N) is 1. The number of amides is 1. The van der Waals surface area contributed by atoms with Gasteiger partial charge in [-0.05, 0) is 61.6 Å². The van der Waals surface area contributed by atoms with Crippen molar-refractivity contribution in [3.8, 4) is 11.1 Å². The van der Waals surface area contributed by atoms with Gasteiger partial charge in [0.15, 0.2) is 0 Å². The normalized spacial score (nSPS) is 14.0. The van der Waals surface area contributed by atoms with Gasteiger partial charge in [-0.25, -0.2) is 26.3 Å². The molecule has 1 saturated heterocycles. The second-order valence-corrected chi connectivity index (χ2v) is 11.3. The fourth-order valence-electron chi connectivity index (χ4n) is 3.31. The van der Waals surface area contributed by atoms with Crippen molar-refractivity contribution in [2.45, 2.75) is 60.8 Å². The lowest BCUT2D eigenvalue weighted by Gasteiger charge is -2.19. The number of aldehydes is 1. The maximum Gasteiger partial charge on any atom is 0.238 e. The predicted octanol–water partition coefficient (Wildman–Crippen LogP) is 4.30. The first kappa shape index (κ1) is 37.6. The van der Waals surface area contributed by atoms with Gasteiger partial charge < -0.3 is 10.1 Å². The predicted molar refractivity (Wildman–Crippen MR) is 158 cm³/mol. The third kappa shape index (κ3) is 14.4. The maximum atomic E-state index is 11.9. The van der Waals surface area contributed by atoms with Gasteiger partial charge in [-0.15, -0.1) is 0 Å². The van der Waals surface area contributed by atoms with Crippen LogP contribution in [0.25, 0.3) is 11.1 Å². The van der Waals surface area contributed by atoms with Crippen LogP contribution in [0.3, 0.4) is 0 Å². The number of nitrogens with two attached hydrogens (primary N) is 1. The number of benzene rings is 2. The summed E-state index contributed by atoms with van der Waals surface area (Å²) < 4.78 is 44.2. The molecular formula is C27H45N3O6S2. The van der Waals surface area contributed by atoms with E-state index in [2.05, 4.69) is 22.6 Å². The summed E-state index contributed by atoms with van der Waals surface area (Å²) in [5, 5.41) is 7.87. The number of primary sulfonamides is 1. The SMILES string of the molecule is CC.CC.CC(=O)N(c1cccc(-c2ccc(C3CCNC3)cc2)c1)S(C)(=O)=O.CC=O.CCS(N)(=O)=O. The van der Waals surface area contributed by atoms with Crippen LogP contribution in [0.4, 0.5) is 5.69 Å². The van der Waals surface area contributed by atoms with Crippen LogP contribution in [0.15, 0.2) is 48.5 Å². The molecular weight excluding hydrogens is 526 g/mol. The highest BCUT2D eigenvalue weighted by Crippen LogP contribution is 2.29. The van der Waals surface area contributed by atoms with Crippen molar-refractivity contribution in [1.29, 1.82) is 0 Å². The molecule has 1 atom stereocenters. The lowest BCUT2D eigenvalue weighted by Crippen LogP contribution is -2.34. The molecule has 0 bridgehead atoms. The van der Waals surface area contributed by atoms with E-state index >= 15 is 0 Å². The van der Waals surface area contributed by atoms with Crippen LogP contribution in [0.2, 0.25) is 0 Å². The second-order valence-electron chi connectivity index (χ2n) is 7.60. The zero-order valence-electron chi connectivity index (χ0n) is 23.9. The summed E-state index contributed by atoms with van der Waals surface area (Å²) in [4.78, 5) is 20.6. The van der Waals surface area contributed by atoms with Crippen LogP contribution in [0, 0.1) is 0 Å². The molecule has 2 aromatic carbocycles. The number of anilines is 1. The van der Waals surface area contributed by atoms with Crippen LogP contribution < -0.4 is 14.8 Å². The van der Waals surface area contributed by atoms with Crippen LogP contribution >= 0.6 is 0 Å². The number of hydrogen-bond acceptors (Lipinski definition) is 7. The topological polar surface area (TPSA) is 144 Å². The molecule has 1 aliphatic heterocycles. The number of rotatable bonds is 5. The minimum atomic E-state index is -3.66. The van der Waals surface area contributed by atoms with Crippen molar-refractivity contribution in [2.75, 3.05) is 29.4 Å². The molecule has 11 heteroatoms. The van der Waals surface area contributed by atoms with Gasteiger partial charge >= 0.3 is 0 Å². The molecule has 1 heterocycles. The van der Waals surface area contributed by atoms with Crippen molar-refractivity contribution >= 4 is 37.9 Å². The van der Waals surface area contributed by atoms with E-state index in [0.29, 0.717) is 11.6 Å². The highest BCUT2D eigenvalue weighted by molar-refractivity contribution is 7.92. The van der Waals surface area contributed by atoms with E-state index in [4.69, 9.17) is 4.79 Å². The average molecular weight is 572 g/mol. The Hall–Kier alpha value is -2.60. The first-order chi connectivity index (χ1) is 17.8. The van der Waals surface area contributed by atoms with Crippen molar-refractivity contribution in [3.05, 3.63) is 54.1 Å². The second kappa shape index (κ2) is 19.5. The third-order valence-electron chi connectivity index (χ3n) is 4.88. The first-order valence-corrected chi connectivity index (χ1v) is 16.2. The van der Waals surface area contributed by atoms with Gasteiger partial charge in [-0.1, -0.05) is 64.1 Å². The molecule has 1 amide bonds. The Bertz CT molecular complexity index is 1160. The Morgan fingerprint density at radius 3 is 1.89 bits per heavy atom. The summed E-state index contributed by atoms with van der Waals surface area (Å²) in [7, 11) is -6.82. The molecule has 0 aromatic heterocycles. The lowest BCUT2D eigenvalue weighted by molar-refractivity contribution is -0.115. The average Bonchev–Trinajstić information content (AvgIpc) is 3.41. The highest BCUT2D eigenvalue weighted by atomic mass is 32.2. The van der Waals surface area contributed by atoms with E-state index in [-0.39, 0.29) is 5.75 Å². The van der Waals surface area contributed by atoms with Crippen LogP contribution in [0.1, 0.15) is 66.4 Å². The third-order valence-corrected chi connectivity index (χ3v) is 6.81. The fourth-order valence-corrected chi connectivity index (χ4v) is 4.27. The van der Waals surface area contributed by atoms with Gasteiger partial charge in [0, 0.05) is 13.5 Å². The van der Waals surface area contributed by atoms with E-state index in [1.807, 2.05) is 45.9 Å². The van der Waals surface area contributed by atoms with Gasteiger partial charge in [-0.3, -0.25) is 4.79 Å². The Kier molecular flexibility index (Phi) is 19.2. The molecule has 9 nitrogen and oxygen atoms in total. The maximum absolute atomic E-state index is 11.9. The molecule has 38 heavy (non-hydrogen) atoms. The molecule has 0 spiro atoms. The molecule has 216 valence electrons. The number of nitrogens with zero attached hydrogens (tertiary/aromatic N) is 1. The van der Waals surface area contributed by atoms with Gasteiger partial charge in [0.1, 0.15) is 6.29 Å². The molecule has 2 aromatic rings. The van der Waals surface area contributed by atoms with Crippen LogP contribution in [-0.2, 0) is 29.6 Å². The molecule has 0 aliphatic carbocycles. The Balaban J connectivity index is 0. The monoisotopic (exact) mass is 571 g/mol.